The van der Waals surface area contributed by atoms with Crippen molar-refractivity contribution in [2.75, 3.05) is 0 Å². The van der Waals surface area contributed by atoms with E-state index in [1.165, 1.54) is 70.6 Å². The molecule has 0 saturated carbocycles. The molecule has 0 aromatic heterocycles. The van der Waals surface area contributed by atoms with E-state index >= 15 is 0 Å². The van der Waals surface area contributed by atoms with Crippen molar-refractivity contribution in [1.29, 1.82) is 0 Å². The molecule has 1 atom stereocenters. The van der Waals surface area contributed by atoms with Crippen LogP contribution in [0.2, 0.25) is 0 Å². The van der Waals surface area contributed by atoms with Gasteiger partial charge in [0.15, 0.2) is 6.10 Å². The molecule has 0 rings (SSSR count). The number of hydrogen-bond donors (Lipinski definition) is 1. The van der Waals surface area contributed by atoms with Crippen molar-refractivity contribution >= 4 is 41.0 Å². The van der Waals surface area contributed by atoms with Gasteiger partial charge in [-0.15, -0.1) is 0 Å². The summed E-state index contributed by atoms with van der Waals surface area (Å²) in [5, 5.41) is 8.66. The second kappa shape index (κ2) is 16.3. The summed E-state index contributed by atoms with van der Waals surface area (Å²) in [5.41, 5.74) is 0. The summed E-state index contributed by atoms with van der Waals surface area (Å²) in [5.74, 6) is 0. The molecule has 1 N–H and O–H groups in total. The Hall–Kier alpha value is 0.140. The first-order valence-electron chi connectivity index (χ1n) is 9.84. The van der Waals surface area contributed by atoms with Crippen LogP contribution in [0, 0.1) is 0 Å². The molecule has 0 bridgehead atoms. The van der Waals surface area contributed by atoms with Crippen molar-refractivity contribution < 1.29 is 14.6 Å². The fourth-order valence-electron chi connectivity index (χ4n) is 2.94. The fraction of sp³-hybridized carbons (Fsp3) is 0.947. The summed E-state index contributed by atoms with van der Waals surface area (Å²) >= 11 is 17.2. The standard InChI is InChI=1S/C19H35Cl3O3/c1-2-3-4-5-6-7-8-9-10-11-12-13-14-15-16-17(19(20,21)22)25-18(23)24/h17H,2-16H2,1H3,(H,23,24). The molecule has 0 aliphatic rings. The summed E-state index contributed by atoms with van der Waals surface area (Å²) < 4.78 is 2.95. The van der Waals surface area contributed by atoms with Crippen molar-refractivity contribution in [1.82, 2.24) is 0 Å². The molecule has 1 unspecified atom stereocenters. The SMILES string of the molecule is CCCCCCCCCCCCCCCCC(OC(=O)O)C(Cl)(Cl)Cl. The third kappa shape index (κ3) is 17.3. The number of ether oxygens (including phenoxy) is 1. The highest BCUT2D eigenvalue weighted by Gasteiger charge is 2.35. The number of unbranched alkanes of at least 4 members (excludes halogenated alkanes) is 13. The second-order valence-corrected chi connectivity index (χ2v) is 9.17. The lowest BCUT2D eigenvalue weighted by molar-refractivity contribution is 0.0485. The van der Waals surface area contributed by atoms with Crippen LogP contribution in [0.4, 0.5) is 4.79 Å². The molecule has 3 nitrogen and oxygen atoms in total. The first-order chi connectivity index (χ1) is 11.9. The second-order valence-electron chi connectivity index (χ2n) is 6.80. The van der Waals surface area contributed by atoms with Gasteiger partial charge in [0.05, 0.1) is 0 Å². The van der Waals surface area contributed by atoms with Crippen LogP contribution in [0.5, 0.6) is 0 Å². The average molecular weight is 418 g/mol. The van der Waals surface area contributed by atoms with Crippen molar-refractivity contribution in [3.05, 3.63) is 0 Å². The number of hydrogen-bond acceptors (Lipinski definition) is 2. The van der Waals surface area contributed by atoms with Crippen LogP contribution in [0.25, 0.3) is 0 Å². The largest absolute Gasteiger partial charge is 0.506 e. The molecule has 0 radical (unpaired) electrons. The Balaban J connectivity index is 3.41. The lowest BCUT2D eigenvalue weighted by Gasteiger charge is -2.22. The molecule has 0 aliphatic heterocycles. The van der Waals surface area contributed by atoms with Gasteiger partial charge in [0.1, 0.15) is 0 Å². The minimum absolute atomic E-state index is 0.445. The van der Waals surface area contributed by atoms with Gasteiger partial charge >= 0.3 is 6.16 Å². The predicted molar refractivity (Wildman–Crippen MR) is 108 cm³/mol. The number of rotatable bonds is 16. The van der Waals surface area contributed by atoms with Gasteiger partial charge in [0, 0.05) is 0 Å². The summed E-state index contributed by atoms with van der Waals surface area (Å²) in [4.78, 5) is 10.6. The molecule has 0 saturated heterocycles. The molecule has 0 spiro atoms. The summed E-state index contributed by atoms with van der Waals surface area (Å²) in [6.45, 7) is 2.25. The van der Waals surface area contributed by atoms with Gasteiger partial charge in [0.2, 0.25) is 3.79 Å². The highest BCUT2D eigenvalue weighted by Crippen LogP contribution is 2.35. The van der Waals surface area contributed by atoms with Gasteiger partial charge in [-0.2, -0.15) is 0 Å². The predicted octanol–water partition coefficient (Wildman–Crippen LogP) is 8.29. The molecule has 0 amide bonds. The maximum Gasteiger partial charge on any atom is 0.506 e. The van der Waals surface area contributed by atoms with E-state index in [9.17, 15) is 4.79 Å². The molecule has 0 aromatic carbocycles. The summed E-state index contributed by atoms with van der Waals surface area (Å²) in [7, 11) is 0. The van der Waals surface area contributed by atoms with Crippen LogP contribution >= 0.6 is 34.8 Å². The third-order valence-corrected chi connectivity index (χ3v) is 5.16. The van der Waals surface area contributed by atoms with Gasteiger partial charge in [-0.05, 0) is 12.8 Å². The molecule has 0 heterocycles. The van der Waals surface area contributed by atoms with Gasteiger partial charge in [0.25, 0.3) is 0 Å². The number of alkyl halides is 3. The van der Waals surface area contributed by atoms with E-state index < -0.39 is 16.1 Å². The molecule has 0 aliphatic carbocycles. The van der Waals surface area contributed by atoms with E-state index in [0.29, 0.717) is 6.42 Å². The maximum atomic E-state index is 10.6. The smallest absolute Gasteiger partial charge is 0.450 e. The summed E-state index contributed by atoms with van der Waals surface area (Å²) in [6, 6.07) is 0. The highest BCUT2D eigenvalue weighted by molar-refractivity contribution is 6.68. The zero-order valence-corrected chi connectivity index (χ0v) is 17.8. The average Bonchev–Trinajstić information content (AvgIpc) is 2.52. The molecule has 0 fully saturated rings. The van der Waals surface area contributed by atoms with Crippen molar-refractivity contribution in [2.24, 2.45) is 0 Å². The number of carbonyl (C=O) groups is 1. The first kappa shape index (κ1) is 25.1. The molecule has 25 heavy (non-hydrogen) atoms. The Labute approximate surface area is 168 Å². The van der Waals surface area contributed by atoms with Gasteiger partial charge in [-0.1, -0.05) is 125 Å². The zero-order chi connectivity index (χ0) is 19.0. The van der Waals surface area contributed by atoms with Crippen molar-refractivity contribution in [3.8, 4) is 0 Å². The van der Waals surface area contributed by atoms with Crippen molar-refractivity contribution in [2.45, 2.75) is 113 Å². The van der Waals surface area contributed by atoms with Crippen LogP contribution in [-0.2, 0) is 4.74 Å². The fourth-order valence-corrected chi connectivity index (χ4v) is 3.40. The lowest BCUT2D eigenvalue weighted by Crippen LogP contribution is -2.30. The molecule has 150 valence electrons. The van der Waals surface area contributed by atoms with Gasteiger partial charge < -0.3 is 9.84 Å². The van der Waals surface area contributed by atoms with Gasteiger partial charge in [-0.3, -0.25) is 0 Å². The van der Waals surface area contributed by atoms with Crippen LogP contribution in [0.1, 0.15) is 103 Å². The maximum absolute atomic E-state index is 10.6. The minimum atomic E-state index is -1.70. The topological polar surface area (TPSA) is 46.5 Å². The Kier molecular flexibility index (Phi) is 16.4. The lowest BCUT2D eigenvalue weighted by atomic mass is 10.0. The normalized spacial score (nSPS) is 13.0. The molecular weight excluding hydrogens is 383 g/mol. The van der Waals surface area contributed by atoms with Crippen molar-refractivity contribution in [3.63, 3.8) is 0 Å². The number of carboxylic acid groups (broad SMARTS) is 1. The van der Waals surface area contributed by atoms with E-state index in [4.69, 9.17) is 39.9 Å². The quantitative estimate of drug-likeness (QED) is 0.156. The van der Waals surface area contributed by atoms with Crippen LogP contribution in [-0.4, -0.2) is 21.2 Å². The highest BCUT2D eigenvalue weighted by atomic mass is 35.6. The van der Waals surface area contributed by atoms with Crippen LogP contribution in [0.3, 0.4) is 0 Å². The zero-order valence-electron chi connectivity index (χ0n) is 15.6. The van der Waals surface area contributed by atoms with E-state index in [2.05, 4.69) is 11.7 Å². The van der Waals surface area contributed by atoms with Crippen LogP contribution < -0.4 is 0 Å². The van der Waals surface area contributed by atoms with Gasteiger partial charge in [-0.25, -0.2) is 4.79 Å². The first-order valence-corrected chi connectivity index (χ1v) is 11.0. The Morgan fingerprint density at radius 3 is 1.48 bits per heavy atom. The number of halogens is 3. The Bertz CT molecular complexity index is 320. The third-order valence-electron chi connectivity index (χ3n) is 4.43. The molecule has 6 heteroatoms. The van der Waals surface area contributed by atoms with Crippen LogP contribution in [0.15, 0.2) is 0 Å². The van der Waals surface area contributed by atoms with E-state index in [0.717, 1.165) is 19.3 Å². The Morgan fingerprint density at radius 1 is 0.800 bits per heavy atom. The van der Waals surface area contributed by atoms with E-state index in [-0.39, 0.29) is 0 Å². The van der Waals surface area contributed by atoms with E-state index in [1.54, 1.807) is 0 Å². The minimum Gasteiger partial charge on any atom is -0.450 e. The molecule has 0 aromatic rings. The summed E-state index contributed by atoms with van der Waals surface area (Å²) in [6.07, 6.45) is 15.9. The monoisotopic (exact) mass is 416 g/mol. The van der Waals surface area contributed by atoms with E-state index in [1.807, 2.05) is 0 Å². The molecular formula is C19H35Cl3O3. The Morgan fingerprint density at radius 2 is 1.16 bits per heavy atom.